The van der Waals surface area contributed by atoms with Crippen LogP contribution in [-0.4, -0.2) is 69.4 Å². The molecular weight excluding hydrogens is 258 g/mol. The van der Waals surface area contributed by atoms with Crippen LogP contribution in [-0.2, 0) is 6.42 Å². The second-order valence-corrected chi connectivity index (χ2v) is 5.38. The van der Waals surface area contributed by atoms with E-state index in [0.29, 0.717) is 6.54 Å². The first-order chi connectivity index (χ1) is 9.63. The van der Waals surface area contributed by atoms with E-state index in [0.717, 1.165) is 12.8 Å². The molecule has 1 aliphatic heterocycles. The fourth-order valence-electron chi connectivity index (χ4n) is 2.77. The molecule has 1 fully saturated rings. The maximum absolute atomic E-state index is 9.88. The predicted octanol–water partition coefficient (Wildman–Crippen LogP) is -0.622. The first kappa shape index (κ1) is 15.4. The second-order valence-electron chi connectivity index (χ2n) is 5.38. The molecule has 1 heterocycles. The molecule has 4 N–H and O–H groups in total. The maximum atomic E-state index is 9.88. The van der Waals surface area contributed by atoms with Gasteiger partial charge in [0.1, 0.15) is 12.2 Å². The summed E-state index contributed by atoms with van der Waals surface area (Å²) in [6, 6.07) is 9.58. The largest absolute Gasteiger partial charge is 0.395 e. The van der Waals surface area contributed by atoms with Gasteiger partial charge in [-0.2, -0.15) is 0 Å². The Bertz CT molecular complexity index is 400. The van der Waals surface area contributed by atoms with E-state index in [2.05, 4.69) is 12.1 Å². The molecule has 2 rings (SSSR count). The van der Waals surface area contributed by atoms with E-state index < -0.39 is 24.4 Å². The SMILES string of the molecule is OC[C@@H]1[C@H](O)[C@H](O)[C@@H](O)CN1CCCc1ccccc1. The number of likely N-dealkylation sites (tertiary alicyclic amines) is 1. The summed E-state index contributed by atoms with van der Waals surface area (Å²) in [5.41, 5.74) is 1.24. The van der Waals surface area contributed by atoms with E-state index in [1.165, 1.54) is 5.56 Å². The third kappa shape index (κ3) is 3.56. The molecule has 0 unspecified atom stereocenters. The Kier molecular flexibility index (Phi) is 5.51. The summed E-state index contributed by atoms with van der Waals surface area (Å²) < 4.78 is 0. The van der Waals surface area contributed by atoms with Crippen LogP contribution in [0, 0.1) is 0 Å². The number of aryl methyl sites for hydroxylation is 1. The molecule has 4 atom stereocenters. The van der Waals surface area contributed by atoms with Crippen LogP contribution in [0.4, 0.5) is 0 Å². The normalized spacial score (nSPS) is 31.4. The third-order valence-corrected chi connectivity index (χ3v) is 3.97. The smallest absolute Gasteiger partial charge is 0.109 e. The van der Waals surface area contributed by atoms with Crippen molar-refractivity contribution in [1.82, 2.24) is 4.90 Å². The Hall–Kier alpha value is -0.980. The van der Waals surface area contributed by atoms with E-state index in [9.17, 15) is 20.4 Å². The highest BCUT2D eigenvalue weighted by Crippen LogP contribution is 2.19. The molecule has 0 saturated carbocycles. The third-order valence-electron chi connectivity index (χ3n) is 3.97. The topological polar surface area (TPSA) is 84.2 Å². The first-order valence-electron chi connectivity index (χ1n) is 7.06. The van der Waals surface area contributed by atoms with Gasteiger partial charge >= 0.3 is 0 Å². The maximum Gasteiger partial charge on any atom is 0.109 e. The van der Waals surface area contributed by atoms with Gasteiger partial charge in [-0.25, -0.2) is 0 Å². The molecule has 0 amide bonds. The minimum absolute atomic E-state index is 0.226. The quantitative estimate of drug-likeness (QED) is 0.578. The van der Waals surface area contributed by atoms with Crippen molar-refractivity contribution in [3.8, 4) is 0 Å². The molecule has 5 heteroatoms. The molecular formula is C15H23NO4. The zero-order valence-electron chi connectivity index (χ0n) is 11.5. The summed E-state index contributed by atoms with van der Waals surface area (Å²) in [4.78, 5) is 1.85. The molecule has 0 spiro atoms. The number of aliphatic hydroxyl groups excluding tert-OH is 4. The monoisotopic (exact) mass is 281 g/mol. The molecule has 1 aromatic carbocycles. The number of nitrogens with zero attached hydrogens (tertiary/aromatic N) is 1. The zero-order valence-corrected chi connectivity index (χ0v) is 11.5. The first-order valence-corrected chi connectivity index (χ1v) is 7.06. The van der Waals surface area contributed by atoms with Gasteiger partial charge in [-0.15, -0.1) is 0 Å². The van der Waals surface area contributed by atoms with Crippen molar-refractivity contribution >= 4 is 0 Å². The van der Waals surface area contributed by atoms with Crippen molar-refractivity contribution in [2.24, 2.45) is 0 Å². The van der Waals surface area contributed by atoms with E-state index >= 15 is 0 Å². The molecule has 0 bridgehead atoms. The lowest BCUT2D eigenvalue weighted by atomic mass is 9.94. The van der Waals surface area contributed by atoms with Crippen molar-refractivity contribution in [3.63, 3.8) is 0 Å². The van der Waals surface area contributed by atoms with E-state index in [1.54, 1.807) is 0 Å². The number of hydrogen-bond donors (Lipinski definition) is 4. The Labute approximate surface area is 119 Å². The van der Waals surface area contributed by atoms with Crippen molar-refractivity contribution in [3.05, 3.63) is 35.9 Å². The predicted molar refractivity (Wildman–Crippen MR) is 75.2 cm³/mol. The second kappa shape index (κ2) is 7.15. The highest BCUT2D eigenvalue weighted by molar-refractivity contribution is 5.14. The van der Waals surface area contributed by atoms with E-state index in [-0.39, 0.29) is 13.2 Å². The fraction of sp³-hybridized carbons (Fsp3) is 0.600. The van der Waals surface area contributed by atoms with Crippen LogP contribution in [0.2, 0.25) is 0 Å². The lowest BCUT2D eigenvalue weighted by Crippen LogP contribution is -2.62. The lowest BCUT2D eigenvalue weighted by Gasteiger charge is -2.43. The van der Waals surface area contributed by atoms with Gasteiger partial charge in [-0.3, -0.25) is 4.90 Å². The lowest BCUT2D eigenvalue weighted by molar-refractivity contribution is -0.145. The average molecular weight is 281 g/mol. The van der Waals surface area contributed by atoms with Gasteiger partial charge in [-0.05, 0) is 24.9 Å². The standard InChI is InChI=1S/C15H23NO4/c17-10-12-14(19)15(20)13(18)9-16(12)8-4-7-11-5-2-1-3-6-11/h1-3,5-6,12-15,17-20H,4,7-10H2/t12-,13+,14+,15-/m1/s1. The van der Waals surface area contributed by atoms with Gasteiger partial charge in [0.05, 0.1) is 18.8 Å². The summed E-state index contributed by atoms with van der Waals surface area (Å²) in [5, 5.41) is 38.6. The zero-order chi connectivity index (χ0) is 14.5. The van der Waals surface area contributed by atoms with Crippen molar-refractivity contribution < 1.29 is 20.4 Å². The average Bonchev–Trinajstić information content (AvgIpc) is 2.46. The molecule has 0 aromatic heterocycles. The molecule has 0 aliphatic carbocycles. The van der Waals surface area contributed by atoms with Crippen LogP contribution in [0.15, 0.2) is 30.3 Å². The van der Waals surface area contributed by atoms with Gasteiger partial charge in [-0.1, -0.05) is 30.3 Å². The number of benzene rings is 1. The number of hydrogen-bond acceptors (Lipinski definition) is 5. The van der Waals surface area contributed by atoms with Gasteiger partial charge in [0, 0.05) is 6.54 Å². The number of piperidine rings is 1. The molecule has 5 nitrogen and oxygen atoms in total. The van der Waals surface area contributed by atoms with Crippen molar-refractivity contribution in [2.45, 2.75) is 37.2 Å². The number of β-amino-alcohol motifs (C(OH)–C–C–N with tert-alkyl or cyclic N) is 1. The molecule has 20 heavy (non-hydrogen) atoms. The van der Waals surface area contributed by atoms with E-state index in [1.807, 2.05) is 23.1 Å². The Morgan fingerprint density at radius 1 is 1.05 bits per heavy atom. The van der Waals surface area contributed by atoms with Crippen LogP contribution in [0.25, 0.3) is 0 Å². The van der Waals surface area contributed by atoms with Crippen LogP contribution in [0.3, 0.4) is 0 Å². The van der Waals surface area contributed by atoms with Crippen molar-refractivity contribution in [1.29, 1.82) is 0 Å². The van der Waals surface area contributed by atoms with Gasteiger partial charge in [0.2, 0.25) is 0 Å². The molecule has 1 saturated heterocycles. The molecule has 1 aliphatic rings. The Balaban J connectivity index is 1.87. The minimum Gasteiger partial charge on any atom is -0.395 e. The van der Waals surface area contributed by atoms with Gasteiger partial charge < -0.3 is 20.4 Å². The van der Waals surface area contributed by atoms with Crippen LogP contribution in [0.5, 0.6) is 0 Å². The summed E-state index contributed by atoms with van der Waals surface area (Å²) in [5.74, 6) is 0. The minimum atomic E-state index is -1.18. The summed E-state index contributed by atoms with van der Waals surface area (Å²) in [6.45, 7) is 0.718. The molecule has 0 radical (unpaired) electrons. The summed E-state index contributed by atoms with van der Waals surface area (Å²) in [7, 11) is 0. The Morgan fingerprint density at radius 2 is 1.75 bits per heavy atom. The summed E-state index contributed by atoms with van der Waals surface area (Å²) >= 11 is 0. The molecule has 112 valence electrons. The number of rotatable bonds is 5. The Morgan fingerprint density at radius 3 is 2.40 bits per heavy atom. The summed E-state index contributed by atoms with van der Waals surface area (Å²) in [6.07, 6.45) is -1.48. The highest BCUT2D eigenvalue weighted by atomic mass is 16.4. The highest BCUT2D eigenvalue weighted by Gasteiger charge is 2.40. The number of aliphatic hydroxyl groups is 4. The van der Waals surface area contributed by atoms with E-state index in [4.69, 9.17) is 0 Å². The van der Waals surface area contributed by atoms with Crippen LogP contribution in [0.1, 0.15) is 12.0 Å². The van der Waals surface area contributed by atoms with Crippen LogP contribution >= 0.6 is 0 Å². The fourth-order valence-corrected chi connectivity index (χ4v) is 2.77. The van der Waals surface area contributed by atoms with Gasteiger partial charge in [0.15, 0.2) is 0 Å². The molecule has 1 aromatic rings. The van der Waals surface area contributed by atoms with Crippen LogP contribution < -0.4 is 0 Å². The van der Waals surface area contributed by atoms with Gasteiger partial charge in [0.25, 0.3) is 0 Å². The van der Waals surface area contributed by atoms with Crippen molar-refractivity contribution in [2.75, 3.05) is 19.7 Å².